The van der Waals surface area contributed by atoms with Gasteiger partial charge in [0.05, 0.1) is 16.5 Å². The first kappa shape index (κ1) is 13.7. The summed E-state index contributed by atoms with van der Waals surface area (Å²) in [7, 11) is 0. The van der Waals surface area contributed by atoms with E-state index in [2.05, 4.69) is 10.9 Å². The highest BCUT2D eigenvalue weighted by molar-refractivity contribution is 6.33. The van der Waals surface area contributed by atoms with Gasteiger partial charge < -0.3 is 10.0 Å². The molecule has 18 heavy (non-hydrogen) atoms. The lowest BCUT2D eigenvalue weighted by Gasteiger charge is -2.19. The zero-order valence-corrected chi connectivity index (χ0v) is 9.79. The fourth-order valence-corrected chi connectivity index (χ4v) is 1.51. The molecule has 1 aromatic heterocycles. The van der Waals surface area contributed by atoms with Crippen molar-refractivity contribution in [1.29, 1.82) is 0 Å². The Hall–Kier alpha value is -2.33. The molecule has 0 amide bonds. The average Bonchev–Trinajstić information content (AvgIpc) is 2.27. The maximum absolute atomic E-state index is 10.7. The van der Waals surface area contributed by atoms with Gasteiger partial charge in [-0.3, -0.25) is 14.9 Å². The van der Waals surface area contributed by atoms with E-state index in [1.165, 1.54) is 4.90 Å². The fraction of sp³-hybridized carbons (Fsp3) is 0.200. The smallest absolute Gasteiger partial charge is 0.323 e. The molecule has 0 aliphatic heterocycles. The van der Waals surface area contributed by atoms with Crippen molar-refractivity contribution in [3.05, 3.63) is 27.4 Å². The number of carboxylic acids is 1. The van der Waals surface area contributed by atoms with Gasteiger partial charge in [-0.25, -0.2) is 4.98 Å². The first-order valence-electron chi connectivity index (χ1n) is 4.66. The van der Waals surface area contributed by atoms with E-state index < -0.39 is 17.4 Å². The number of rotatable bonds is 5. The summed E-state index contributed by atoms with van der Waals surface area (Å²) in [4.78, 5) is 25.5. The van der Waals surface area contributed by atoms with Gasteiger partial charge in [0.1, 0.15) is 18.6 Å². The molecule has 0 atom stereocenters. The third kappa shape index (κ3) is 3.33. The summed E-state index contributed by atoms with van der Waals surface area (Å²) < 4.78 is 0. The zero-order valence-electron chi connectivity index (χ0n) is 9.04. The van der Waals surface area contributed by atoms with E-state index in [-0.39, 0.29) is 23.1 Å². The molecule has 0 unspecified atom stereocenters. The Balaban J connectivity index is 3.09. The number of aromatic nitrogens is 1. The molecule has 1 heterocycles. The Kier molecular flexibility index (Phi) is 4.45. The highest BCUT2D eigenvalue weighted by Gasteiger charge is 2.17. The van der Waals surface area contributed by atoms with Crippen LogP contribution in [0.25, 0.3) is 0 Å². The van der Waals surface area contributed by atoms with E-state index in [0.29, 0.717) is 0 Å². The quantitative estimate of drug-likeness (QED) is 0.489. The third-order valence-electron chi connectivity index (χ3n) is 1.93. The molecule has 0 spiro atoms. The summed E-state index contributed by atoms with van der Waals surface area (Å²) in [5, 5.41) is 19.2. The van der Waals surface area contributed by atoms with Crippen LogP contribution >= 0.6 is 11.6 Å². The van der Waals surface area contributed by atoms with Gasteiger partial charge in [-0.15, -0.1) is 6.42 Å². The Morgan fingerprint density at radius 2 is 2.39 bits per heavy atom. The average molecular weight is 270 g/mol. The second-order valence-electron chi connectivity index (χ2n) is 3.21. The molecule has 1 N–H and O–H groups in total. The zero-order chi connectivity index (χ0) is 13.7. The number of carbonyl (C=O) groups is 1. The summed E-state index contributed by atoms with van der Waals surface area (Å²) in [6.45, 7) is -0.411. The van der Waals surface area contributed by atoms with E-state index in [9.17, 15) is 14.9 Å². The number of nitrogens with zero attached hydrogens (tertiary/aromatic N) is 3. The highest BCUT2D eigenvalue weighted by Crippen LogP contribution is 2.26. The maximum atomic E-state index is 10.7. The van der Waals surface area contributed by atoms with Crippen LogP contribution < -0.4 is 4.90 Å². The van der Waals surface area contributed by atoms with Gasteiger partial charge in [0, 0.05) is 6.07 Å². The predicted molar refractivity (Wildman–Crippen MR) is 64.6 cm³/mol. The lowest BCUT2D eigenvalue weighted by Crippen LogP contribution is -2.31. The summed E-state index contributed by atoms with van der Waals surface area (Å²) in [5.41, 5.74) is -0.278. The van der Waals surface area contributed by atoms with Crippen LogP contribution in [0.3, 0.4) is 0 Å². The lowest BCUT2D eigenvalue weighted by molar-refractivity contribution is -0.385. The summed E-state index contributed by atoms with van der Waals surface area (Å²) >= 11 is 5.82. The Morgan fingerprint density at radius 1 is 1.72 bits per heavy atom. The van der Waals surface area contributed by atoms with Crippen molar-refractivity contribution in [1.82, 2.24) is 4.98 Å². The predicted octanol–water partition coefficient (Wildman–Crippen LogP) is 1.17. The van der Waals surface area contributed by atoms with E-state index in [0.717, 1.165) is 12.3 Å². The van der Waals surface area contributed by atoms with Crippen molar-refractivity contribution in [3.8, 4) is 12.3 Å². The van der Waals surface area contributed by atoms with Gasteiger partial charge in [-0.2, -0.15) is 0 Å². The first-order chi connectivity index (χ1) is 8.45. The SMILES string of the molecule is C#CCN(CC(=O)O)c1ncc([N+](=O)[O-])cc1Cl. The third-order valence-corrected chi connectivity index (χ3v) is 2.20. The van der Waals surface area contributed by atoms with E-state index in [1.807, 2.05) is 0 Å². The van der Waals surface area contributed by atoms with E-state index in [1.54, 1.807) is 0 Å². The van der Waals surface area contributed by atoms with Gasteiger partial charge in [-0.1, -0.05) is 17.5 Å². The molecule has 0 radical (unpaired) electrons. The van der Waals surface area contributed by atoms with Crippen LogP contribution in [0.5, 0.6) is 0 Å². The molecule has 94 valence electrons. The van der Waals surface area contributed by atoms with Gasteiger partial charge in [0.15, 0.2) is 0 Å². The number of aliphatic carboxylic acids is 1. The summed E-state index contributed by atoms with van der Waals surface area (Å²) in [5.74, 6) is 1.26. The molecule has 0 aliphatic carbocycles. The standard InChI is InChI=1S/C10H8ClN3O4/c1-2-3-13(6-9(15)16)10-8(11)4-7(5-12-10)14(17)18/h1,4-5H,3,6H2,(H,15,16). The van der Waals surface area contributed by atoms with Gasteiger partial charge >= 0.3 is 5.97 Å². The van der Waals surface area contributed by atoms with Crippen molar-refractivity contribution in [3.63, 3.8) is 0 Å². The minimum atomic E-state index is -1.11. The number of halogens is 1. The lowest BCUT2D eigenvalue weighted by atomic mass is 10.3. The van der Waals surface area contributed by atoms with Crippen LogP contribution in [-0.4, -0.2) is 34.1 Å². The van der Waals surface area contributed by atoms with Crippen molar-refractivity contribution in [2.45, 2.75) is 0 Å². The topological polar surface area (TPSA) is 96.6 Å². The highest BCUT2D eigenvalue weighted by atomic mass is 35.5. The van der Waals surface area contributed by atoms with E-state index >= 15 is 0 Å². The van der Waals surface area contributed by atoms with Crippen LogP contribution in [0.1, 0.15) is 0 Å². The second kappa shape index (κ2) is 5.84. The molecule has 0 saturated heterocycles. The molecule has 1 aromatic rings. The van der Waals surface area contributed by atoms with Crippen LogP contribution in [0.2, 0.25) is 5.02 Å². The minimum Gasteiger partial charge on any atom is -0.480 e. The normalized spacial score (nSPS) is 9.56. The number of anilines is 1. The Morgan fingerprint density at radius 3 is 2.83 bits per heavy atom. The molecular weight excluding hydrogens is 262 g/mol. The van der Waals surface area contributed by atoms with Crippen molar-refractivity contribution in [2.75, 3.05) is 18.0 Å². The molecule has 0 aliphatic rings. The molecule has 1 rings (SSSR count). The number of pyridine rings is 1. The van der Waals surface area contributed by atoms with Gasteiger partial charge in [0.25, 0.3) is 5.69 Å². The molecular formula is C10H8ClN3O4. The number of nitro groups is 1. The molecule has 0 bridgehead atoms. The summed E-state index contributed by atoms with van der Waals surface area (Å²) in [6.07, 6.45) is 6.10. The number of terminal acetylenes is 1. The van der Waals surface area contributed by atoms with E-state index in [4.69, 9.17) is 23.1 Å². The number of hydrogen-bond donors (Lipinski definition) is 1. The molecule has 0 fully saturated rings. The number of hydrogen-bond acceptors (Lipinski definition) is 5. The minimum absolute atomic E-state index is 0.0170. The monoisotopic (exact) mass is 269 g/mol. The molecule has 8 heteroatoms. The Labute approximate surface area is 107 Å². The van der Waals surface area contributed by atoms with Gasteiger partial charge in [-0.05, 0) is 0 Å². The van der Waals surface area contributed by atoms with Crippen LogP contribution in [0, 0.1) is 22.5 Å². The number of carboxylic acid groups (broad SMARTS) is 1. The first-order valence-corrected chi connectivity index (χ1v) is 5.03. The largest absolute Gasteiger partial charge is 0.480 e. The van der Waals surface area contributed by atoms with Crippen molar-refractivity contribution in [2.24, 2.45) is 0 Å². The maximum Gasteiger partial charge on any atom is 0.323 e. The van der Waals surface area contributed by atoms with Crippen LogP contribution in [-0.2, 0) is 4.79 Å². The van der Waals surface area contributed by atoms with Crippen molar-refractivity contribution < 1.29 is 14.8 Å². The fourth-order valence-electron chi connectivity index (χ4n) is 1.23. The van der Waals surface area contributed by atoms with Crippen molar-refractivity contribution >= 4 is 29.1 Å². The molecule has 7 nitrogen and oxygen atoms in total. The summed E-state index contributed by atoms with van der Waals surface area (Å²) in [6, 6.07) is 1.09. The van der Waals surface area contributed by atoms with Gasteiger partial charge in [0.2, 0.25) is 0 Å². The Bertz CT molecular complexity index is 526. The second-order valence-corrected chi connectivity index (χ2v) is 3.62. The van der Waals surface area contributed by atoms with Crippen LogP contribution in [0.15, 0.2) is 12.3 Å². The van der Waals surface area contributed by atoms with Crippen LogP contribution in [0.4, 0.5) is 11.5 Å². The molecule has 0 saturated carbocycles. The molecule has 0 aromatic carbocycles.